The quantitative estimate of drug-likeness (QED) is 0.504. The summed E-state index contributed by atoms with van der Waals surface area (Å²) in [4.78, 5) is 13.0. The minimum atomic E-state index is 0.145. The third-order valence-corrected chi connectivity index (χ3v) is 5.41. The molecule has 0 saturated carbocycles. The van der Waals surface area contributed by atoms with Gasteiger partial charge in [-0.05, 0) is 70.0 Å². The Hall–Kier alpha value is -2.68. The fourth-order valence-corrected chi connectivity index (χ4v) is 3.47. The van der Waals surface area contributed by atoms with Crippen LogP contribution in [0.3, 0.4) is 0 Å². The van der Waals surface area contributed by atoms with Gasteiger partial charge in [-0.3, -0.25) is 4.79 Å². The minimum Gasteiger partial charge on any atom is -0.318 e. The Labute approximate surface area is 155 Å². The highest BCUT2D eigenvalue weighted by molar-refractivity contribution is 5.96. The normalized spacial score (nSPS) is 11.0. The van der Waals surface area contributed by atoms with Crippen molar-refractivity contribution in [1.29, 1.82) is 0 Å². The Morgan fingerprint density at radius 3 is 2.35 bits per heavy atom. The molecule has 0 aliphatic heterocycles. The summed E-state index contributed by atoms with van der Waals surface area (Å²) in [6, 6.07) is 12.5. The van der Waals surface area contributed by atoms with E-state index in [0.29, 0.717) is 6.54 Å². The molecule has 3 heteroatoms. The van der Waals surface area contributed by atoms with Gasteiger partial charge in [-0.15, -0.1) is 0 Å². The molecule has 3 aromatic rings. The smallest absolute Gasteiger partial charge is 0.229 e. The number of carbonyl (C=O) groups is 1. The molecule has 2 heterocycles. The van der Waals surface area contributed by atoms with Crippen molar-refractivity contribution in [2.75, 3.05) is 0 Å². The van der Waals surface area contributed by atoms with Crippen LogP contribution in [-0.4, -0.2) is 10.4 Å². The zero-order valence-electron chi connectivity index (χ0n) is 16.6. The van der Waals surface area contributed by atoms with Crippen LogP contribution in [0.5, 0.6) is 0 Å². The largest absolute Gasteiger partial charge is 0.318 e. The van der Waals surface area contributed by atoms with Gasteiger partial charge < -0.3 is 4.57 Å². The fraction of sp³-hybridized carbons (Fsp3) is 0.304. The Kier molecular flexibility index (Phi) is 4.82. The summed E-state index contributed by atoms with van der Waals surface area (Å²) in [6.45, 7) is 12.8. The van der Waals surface area contributed by atoms with Crippen LogP contribution in [-0.2, 0) is 6.54 Å². The molecule has 0 atom stereocenters. The number of pyridine rings is 1. The van der Waals surface area contributed by atoms with Crippen LogP contribution < -0.4 is 4.57 Å². The molecule has 1 aromatic carbocycles. The summed E-state index contributed by atoms with van der Waals surface area (Å²) in [5.41, 5.74) is 8.86. The van der Waals surface area contributed by atoms with Gasteiger partial charge in [0.05, 0.1) is 0 Å². The molecular weight excluding hydrogens is 320 g/mol. The monoisotopic (exact) mass is 347 g/mol. The zero-order chi connectivity index (χ0) is 19.0. The van der Waals surface area contributed by atoms with Gasteiger partial charge in [-0.25, -0.2) is 0 Å². The molecule has 0 bridgehead atoms. The molecule has 0 fully saturated rings. The van der Waals surface area contributed by atoms with Crippen LogP contribution in [0.2, 0.25) is 0 Å². The molecule has 0 aliphatic rings. The van der Waals surface area contributed by atoms with Gasteiger partial charge in [0.2, 0.25) is 12.3 Å². The molecule has 3 nitrogen and oxygen atoms in total. The average molecular weight is 347 g/mol. The summed E-state index contributed by atoms with van der Waals surface area (Å²) < 4.78 is 4.20. The molecule has 0 N–H and O–H groups in total. The lowest BCUT2D eigenvalue weighted by Gasteiger charge is -2.12. The van der Waals surface area contributed by atoms with E-state index in [9.17, 15) is 4.79 Å². The van der Waals surface area contributed by atoms with Crippen molar-refractivity contribution in [1.82, 2.24) is 4.57 Å². The van der Waals surface area contributed by atoms with Gasteiger partial charge in [0.1, 0.15) is 0 Å². The Bertz CT molecular complexity index is 996. The van der Waals surface area contributed by atoms with Crippen molar-refractivity contribution in [3.8, 4) is 5.69 Å². The molecule has 134 valence electrons. The highest BCUT2D eigenvalue weighted by Crippen LogP contribution is 2.23. The number of benzene rings is 1. The predicted molar refractivity (Wildman–Crippen MR) is 105 cm³/mol. The first-order valence-electron chi connectivity index (χ1n) is 9.05. The molecule has 0 radical (unpaired) electrons. The van der Waals surface area contributed by atoms with Crippen molar-refractivity contribution in [2.45, 2.75) is 48.1 Å². The first-order valence-corrected chi connectivity index (χ1v) is 9.05. The molecule has 26 heavy (non-hydrogen) atoms. The number of aromatic nitrogens is 2. The molecular formula is C23H27N2O+. The molecule has 0 amide bonds. The molecule has 0 saturated heterocycles. The van der Waals surface area contributed by atoms with Crippen molar-refractivity contribution in [3.63, 3.8) is 0 Å². The maximum absolute atomic E-state index is 13.0. The van der Waals surface area contributed by atoms with Gasteiger partial charge in [0.25, 0.3) is 0 Å². The van der Waals surface area contributed by atoms with Crippen LogP contribution in [0.15, 0.2) is 42.6 Å². The first-order chi connectivity index (χ1) is 12.3. The summed E-state index contributed by atoms with van der Waals surface area (Å²) in [7, 11) is 0. The van der Waals surface area contributed by atoms with Gasteiger partial charge in [0.15, 0.2) is 11.9 Å². The lowest BCUT2D eigenvalue weighted by Crippen LogP contribution is -2.41. The molecule has 0 unspecified atom stereocenters. The Morgan fingerprint density at radius 2 is 1.65 bits per heavy atom. The minimum absolute atomic E-state index is 0.145. The maximum atomic E-state index is 13.0. The van der Waals surface area contributed by atoms with Crippen LogP contribution in [0.4, 0.5) is 0 Å². The van der Waals surface area contributed by atoms with Crippen LogP contribution >= 0.6 is 0 Å². The number of rotatable bonds is 4. The van der Waals surface area contributed by atoms with E-state index in [-0.39, 0.29) is 5.78 Å². The standard InChI is InChI=1S/C23H27N2O/c1-15-9-10-21(12-17(15)3)25-18(4)13-22(20(25)6)23(26)14-24-11-7-8-16(2)19(24)5/h7-13H,14H2,1-6H3/q+1. The van der Waals surface area contributed by atoms with Crippen molar-refractivity contribution >= 4 is 5.78 Å². The summed E-state index contributed by atoms with van der Waals surface area (Å²) in [5.74, 6) is 0.145. The lowest BCUT2D eigenvalue weighted by atomic mass is 10.1. The maximum Gasteiger partial charge on any atom is 0.229 e. The molecule has 0 spiro atoms. The number of carbonyl (C=O) groups excluding carboxylic acids is 1. The van der Waals surface area contributed by atoms with Crippen LogP contribution in [0.25, 0.3) is 5.69 Å². The van der Waals surface area contributed by atoms with E-state index in [2.05, 4.69) is 63.5 Å². The third kappa shape index (κ3) is 3.22. The first kappa shape index (κ1) is 18.1. The van der Waals surface area contributed by atoms with E-state index in [1.54, 1.807) is 0 Å². The van der Waals surface area contributed by atoms with Crippen molar-refractivity contribution in [2.24, 2.45) is 0 Å². The fourth-order valence-electron chi connectivity index (χ4n) is 3.47. The summed E-state index contributed by atoms with van der Waals surface area (Å²) >= 11 is 0. The number of hydrogen-bond acceptors (Lipinski definition) is 1. The zero-order valence-corrected chi connectivity index (χ0v) is 16.6. The average Bonchev–Trinajstić information content (AvgIpc) is 2.89. The summed E-state index contributed by atoms with van der Waals surface area (Å²) in [5, 5.41) is 0. The van der Waals surface area contributed by atoms with Crippen molar-refractivity contribution in [3.05, 3.63) is 81.9 Å². The predicted octanol–water partition coefficient (Wildman–Crippen LogP) is 4.50. The van der Waals surface area contributed by atoms with Crippen molar-refractivity contribution < 1.29 is 9.36 Å². The highest BCUT2D eigenvalue weighted by Gasteiger charge is 2.21. The number of ketones is 1. The van der Waals surface area contributed by atoms with Crippen LogP contribution in [0.1, 0.15) is 44.1 Å². The third-order valence-electron chi connectivity index (χ3n) is 5.41. The Morgan fingerprint density at radius 1 is 0.923 bits per heavy atom. The number of nitrogens with zero attached hydrogens (tertiary/aromatic N) is 2. The summed E-state index contributed by atoms with van der Waals surface area (Å²) in [6.07, 6.45) is 1.97. The molecule has 3 rings (SSSR count). The second-order valence-electron chi connectivity index (χ2n) is 7.22. The molecule has 2 aromatic heterocycles. The van der Waals surface area contributed by atoms with E-state index in [1.807, 2.05) is 29.8 Å². The Balaban J connectivity index is 1.98. The van der Waals surface area contributed by atoms with Crippen LogP contribution in [0, 0.1) is 41.5 Å². The number of hydrogen-bond donors (Lipinski definition) is 0. The second-order valence-corrected chi connectivity index (χ2v) is 7.22. The lowest BCUT2D eigenvalue weighted by molar-refractivity contribution is -0.689. The number of Topliss-reactive ketones (excluding diaryl/α,β-unsaturated/α-hetero) is 1. The van der Waals surface area contributed by atoms with Gasteiger partial charge >= 0.3 is 0 Å². The van der Waals surface area contributed by atoms with E-state index >= 15 is 0 Å². The van der Waals surface area contributed by atoms with E-state index in [4.69, 9.17) is 0 Å². The molecule has 0 aliphatic carbocycles. The van der Waals surface area contributed by atoms with E-state index in [1.165, 1.54) is 16.7 Å². The highest BCUT2D eigenvalue weighted by atomic mass is 16.1. The SMILES string of the molecule is Cc1ccc(-n2c(C)cc(C(=O)C[n+]3cccc(C)c3C)c2C)cc1C. The van der Waals surface area contributed by atoms with E-state index < -0.39 is 0 Å². The van der Waals surface area contributed by atoms with Gasteiger partial charge in [-0.2, -0.15) is 4.57 Å². The van der Waals surface area contributed by atoms with E-state index in [0.717, 1.165) is 28.3 Å². The van der Waals surface area contributed by atoms with Gasteiger partial charge in [0, 0.05) is 41.2 Å². The second kappa shape index (κ2) is 6.91. The van der Waals surface area contributed by atoms with Gasteiger partial charge in [-0.1, -0.05) is 6.07 Å². The topological polar surface area (TPSA) is 25.9 Å². The number of aryl methyl sites for hydroxylation is 4.